The van der Waals surface area contributed by atoms with E-state index in [1.165, 1.54) is 6.92 Å². The quantitative estimate of drug-likeness (QED) is 0.150. The van der Waals surface area contributed by atoms with E-state index in [0.717, 1.165) is 0 Å². The lowest BCUT2D eigenvalue weighted by atomic mass is 9.87. The van der Waals surface area contributed by atoms with Crippen LogP contribution in [0, 0.1) is 0 Å². The number of esters is 1. The van der Waals surface area contributed by atoms with E-state index in [1.807, 2.05) is 0 Å². The van der Waals surface area contributed by atoms with E-state index >= 15 is 0 Å². The summed E-state index contributed by atoms with van der Waals surface area (Å²) in [6.07, 6.45) is -8.06. The van der Waals surface area contributed by atoms with Gasteiger partial charge in [-0.25, -0.2) is 9.59 Å². The highest BCUT2D eigenvalue weighted by Crippen LogP contribution is 2.65. The number of aliphatic carboxylic acids is 1. The zero-order valence-electron chi connectivity index (χ0n) is 18.6. The second-order valence-electron chi connectivity index (χ2n) is 7.12. The number of halogens is 19. The van der Waals surface area contributed by atoms with E-state index in [1.54, 1.807) is 0 Å². The average Bonchev–Trinajstić information content (AvgIpc) is 2.75. The van der Waals surface area contributed by atoms with Crippen LogP contribution in [0.25, 0.3) is 0 Å². The standard InChI is InChI=1S/C13H5F19O2.C4H6O2/c1-2-4(33)34-3-5(14,15)6(16,17)7(18,19)8(20,21)9(22,23)10(24,25)11(26,27)12(28,29)13(30,31)32;1-3(2)4(5)6/h2H,1,3H2;1H2,2H3,(H,5,6). The highest BCUT2D eigenvalue weighted by molar-refractivity contribution is 5.84. The van der Waals surface area contributed by atoms with Gasteiger partial charge in [0.25, 0.3) is 0 Å². The molecule has 4 nitrogen and oxygen atoms in total. The molecule has 0 spiro atoms. The van der Waals surface area contributed by atoms with Crippen LogP contribution in [0.1, 0.15) is 6.92 Å². The van der Waals surface area contributed by atoms with Crippen molar-refractivity contribution in [2.75, 3.05) is 6.61 Å². The Labute approximate surface area is 208 Å². The molecule has 0 saturated carbocycles. The van der Waals surface area contributed by atoms with E-state index in [2.05, 4.69) is 17.9 Å². The molecule has 0 aliphatic carbocycles. The molecule has 0 rings (SSSR count). The van der Waals surface area contributed by atoms with Crippen molar-refractivity contribution in [2.45, 2.75) is 60.5 Å². The maximum absolute atomic E-state index is 13.4. The minimum Gasteiger partial charge on any atom is -0.478 e. The predicted octanol–water partition coefficient (Wildman–Crippen LogP) is 7.01. The van der Waals surface area contributed by atoms with Gasteiger partial charge in [-0.3, -0.25) is 0 Å². The summed E-state index contributed by atoms with van der Waals surface area (Å²) < 4.78 is 250. The number of hydrogen-bond acceptors (Lipinski definition) is 3. The monoisotopic (exact) mass is 640 g/mol. The molecule has 0 heterocycles. The minimum atomic E-state index is -8.99. The summed E-state index contributed by atoms with van der Waals surface area (Å²) in [5, 5.41) is 7.89. The molecule has 1 N–H and O–H groups in total. The second kappa shape index (κ2) is 11.2. The number of carbonyl (C=O) groups is 2. The SMILES string of the molecule is C=C(C)C(=O)O.C=CC(=O)OCC(F)(F)C(F)(F)C(F)(F)C(F)(F)C(F)(F)C(F)(F)C(F)(F)C(F)(F)C(F)(F)F. The van der Waals surface area contributed by atoms with Crippen molar-refractivity contribution in [1.29, 1.82) is 0 Å². The smallest absolute Gasteiger partial charge is 0.460 e. The summed E-state index contributed by atoms with van der Waals surface area (Å²) in [5.74, 6) is -70.5. The molecule has 0 unspecified atom stereocenters. The summed E-state index contributed by atoms with van der Waals surface area (Å²) in [7, 11) is 0. The first-order chi connectivity index (χ1) is 17.1. The van der Waals surface area contributed by atoms with Gasteiger partial charge < -0.3 is 9.84 Å². The van der Waals surface area contributed by atoms with Gasteiger partial charge in [0.1, 0.15) is 0 Å². The van der Waals surface area contributed by atoms with Crippen molar-refractivity contribution in [3.63, 3.8) is 0 Å². The van der Waals surface area contributed by atoms with Crippen molar-refractivity contribution in [2.24, 2.45) is 0 Å². The summed E-state index contributed by atoms with van der Waals surface area (Å²) in [5.41, 5.74) is 0.176. The highest BCUT2D eigenvalue weighted by atomic mass is 19.4. The lowest BCUT2D eigenvalue weighted by molar-refractivity contribution is -0.469. The van der Waals surface area contributed by atoms with E-state index < -0.39 is 72.1 Å². The number of alkyl halides is 19. The molecule has 0 saturated heterocycles. The summed E-state index contributed by atoms with van der Waals surface area (Å²) in [6, 6.07) is 0. The molecule has 0 bridgehead atoms. The minimum absolute atomic E-state index is 0.126. The zero-order chi connectivity index (χ0) is 33.4. The van der Waals surface area contributed by atoms with Crippen LogP contribution in [0.3, 0.4) is 0 Å². The molecule has 236 valence electrons. The molecule has 0 aromatic rings. The number of ether oxygens (including phenoxy) is 1. The highest BCUT2D eigenvalue weighted by Gasteiger charge is 2.96. The molecule has 0 atom stereocenters. The summed E-state index contributed by atoms with van der Waals surface area (Å²) in [4.78, 5) is 20.1. The largest absolute Gasteiger partial charge is 0.478 e. The van der Waals surface area contributed by atoms with Gasteiger partial charge in [0.15, 0.2) is 6.61 Å². The lowest BCUT2D eigenvalue weighted by Crippen LogP contribution is -2.76. The molecule has 0 aromatic carbocycles. The van der Waals surface area contributed by atoms with E-state index in [4.69, 9.17) is 5.11 Å². The summed E-state index contributed by atoms with van der Waals surface area (Å²) >= 11 is 0. The second-order valence-corrected chi connectivity index (χ2v) is 7.12. The molecule has 0 aliphatic rings. The first-order valence-electron chi connectivity index (χ1n) is 8.87. The third-order valence-electron chi connectivity index (χ3n) is 4.11. The third kappa shape index (κ3) is 6.20. The topological polar surface area (TPSA) is 63.6 Å². The maximum Gasteiger partial charge on any atom is 0.460 e. The number of carbonyl (C=O) groups excluding carboxylic acids is 1. The maximum atomic E-state index is 13.4. The van der Waals surface area contributed by atoms with Gasteiger partial charge >= 0.3 is 65.5 Å². The van der Waals surface area contributed by atoms with Crippen molar-refractivity contribution < 1.29 is 103 Å². The molecular formula is C17H11F19O4. The Morgan fingerprint density at radius 2 is 0.875 bits per heavy atom. The van der Waals surface area contributed by atoms with Crippen LogP contribution in [0.15, 0.2) is 24.8 Å². The zero-order valence-corrected chi connectivity index (χ0v) is 18.6. The first kappa shape index (κ1) is 39.2. The normalized spacial score (nSPS) is 14.6. The predicted molar refractivity (Wildman–Crippen MR) is 89.2 cm³/mol. The molecule has 0 aromatic heterocycles. The Balaban J connectivity index is 0. The van der Waals surface area contributed by atoms with Crippen molar-refractivity contribution in [3.8, 4) is 0 Å². The Morgan fingerprint density at radius 1 is 0.625 bits per heavy atom. The first-order valence-corrected chi connectivity index (χ1v) is 8.87. The van der Waals surface area contributed by atoms with Gasteiger partial charge in [0.2, 0.25) is 0 Å². The molecule has 0 fully saturated rings. The van der Waals surface area contributed by atoms with E-state index in [9.17, 15) is 93.0 Å². The molecule has 0 amide bonds. The van der Waals surface area contributed by atoms with Gasteiger partial charge in [-0.05, 0) is 6.92 Å². The Morgan fingerprint density at radius 3 is 1.10 bits per heavy atom. The number of hydrogen-bond donors (Lipinski definition) is 1. The van der Waals surface area contributed by atoms with Gasteiger partial charge in [-0.1, -0.05) is 13.2 Å². The lowest BCUT2D eigenvalue weighted by Gasteiger charge is -2.43. The third-order valence-corrected chi connectivity index (χ3v) is 4.11. The molecule has 0 radical (unpaired) electrons. The van der Waals surface area contributed by atoms with Crippen LogP contribution in [0.2, 0.25) is 0 Å². The molecule has 40 heavy (non-hydrogen) atoms. The van der Waals surface area contributed by atoms with Crippen molar-refractivity contribution in [1.82, 2.24) is 0 Å². The van der Waals surface area contributed by atoms with Gasteiger partial charge in [0.05, 0.1) is 0 Å². The fourth-order valence-corrected chi connectivity index (χ4v) is 1.70. The number of rotatable bonds is 11. The van der Waals surface area contributed by atoms with Crippen LogP contribution in [0.5, 0.6) is 0 Å². The van der Waals surface area contributed by atoms with Crippen molar-refractivity contribution in [3.05, 3.63) is 24.8 Å². The van der Waals surface area contributed by atoms with Gasteiger partial charge in [-0.2, -0.15) is 83.4 Å². The van der Waals surface area contributed by atoms with Crippen LogP contribution >= 0.6 is 0 Å². The van der Waals surface area contributed by atoms with Gasteiger partial charge in [0, 0.05) is 11.6 Å². The molecule has 0 aliphatic heterocycles. The average molecular weight is 640 g/mol. The summed E-state index contributed by atoms with van der Waals surface area (Å²) in [6.45, 7) is 3.69. The molecular weight excluding hydrogens is 629 g/mol. The Hall–Kier alpha value is -2.91. The van der Waals surface area contributed by atoms with Gasteiger partial charge in [-0.15, -0.1) is 0 Å². The molecule has 23 heteroatoms. The van der Waals surface area contributed by atoms with Crippen LogP contribution < -0.4 is 0 Å². The number of carboxylic acids is 1. The Kier molecular flexibility index (Phi) is 11.0. The van der Waals surface area contributed by atoms with Crippen LogP contribution in [-0.4, -0.2) is 77.2 Å². The van der Waals surface area contributed by atoms with Crippen LogP contribution in [0.4, 0.5) is 83.4 Å². The number of carboxylic acid groups (broad SMARTS) is 1. The Bertz CT molecular complexity index is 952. The van der Waals surface area contributed by atoms with E-state index in [-0.39, 0.29) is 11.6 Å². The van der Waals surface area contributed by atoms with Crippen molar-refractivity contribution >= 4 is 11.9 Å². The van der Waals surface area contributed by atoms with E-state index in [0.29, 0.717) is 0 Å². The fraction of sp³-hybridized carbons (Fsp3) is 0.647. The fourth-order valence-electron chi connectivity index (χ4n) is 1.70. The van der Waals surface area contributed by atoms with Crippen LogP contribution in [-0.2, 0) is 14.3 Å².